The fourth-order valence-electron chi connectivity index (χ4n) is 2.95. The Morgan fingerprint density at radius 2 is 2.27 bits per heavy atom. The van der Waals surface area contributed by atoms with E-state index in [1.807, 2.05) is 40.6 Å². The van der Waals surface area contributed by atoms with Crippen molar-refractivity contribution in [1.29, 1.82) is 5.26 Å². The van der Waals surface area contributed by atoms with Crippen molar-refractivity contribution in [2.24, 2.45) is 0 Å². The van der Waals surface area contributed by atoms with Gasteiger partial charge in [-0.2, -0.15) is 5.26 Å². The molecule has 0 aliphatic heterocycles. The van der Waals surface area contributed by atoms with Crippen LogP contribution in [-0.4, -0.2) is 28.4 Å². The van der Waals surface area contributed by atoms with Crippen LogP contribution < -0.4 is 4.90 Å². The minimum Gasteiger partial charge on any atom is -0.290 e. The molecular formula is C20H22N4OS. The van der Waals surface area contributed by atoms with E-state index in [1.165, 1.54) is 11.3 Å². The average Bonchev–Trinajstić information content (AvgIpc) is 3.34. The Hall–Kier alpha value is -2.49. The first kappa shape index (κ1) is 18.3. The fourth-order valence-corrected chi connectivity index (χ4v) is 3.88. The van der Waals surface area contributed by atoms with Gasteiger partial charge in [-0.25, -0.2) is 4.98 Å². The molecule has 0 atom stereocenters. The van der Waals surface area contributed by atoms with Crippen LogP contribution in [0.15, 0.2) is 42.3 Å². The highest BCUT2D eigenvalue weighted by Gasteiger charge is 2.33. The highest BCUT2D eigenvalue weighted by atomic mass is 32.1. The van der Waals surface area contributed by atoms with Gasteiger partial charge in [-0.05, 0) is 30.5 Å². The normalized spacial score (nSPS) is 13.4. The Morgan fingerprint density at radius 3 is 2.92 bits per heavy atom. The minimum atomic E-state index is 0.0599. The number of thiazole rings is 1. The van der Waals surface area contributed by atoms with Crippen LogP contribution in [-0.2, 0) is 17.9 Å². The average molecular weight is 366 g/mol. The second-order valence-corrected chi connectivity index (χ2v) is 7.35. The molecule has 0 N–H and O–H groups in total. The van der Waals surface area contributed by atoms with Gasteiger partial charge in [0.2, 0.25) is 5.91 Å². The zero-order valence-electron chi connectivity index (χ0n) is 14.9. The molecule has 6 heteroatoms. The molecule has 26 heavy (non-hydrogen) atoms. The Morgan fingerprint density at radius 1 is 1.46 bits per heavy atom. The zero-order chi connectivity index (χ0) is 18.5. The van der Waals surface area contributed by atoms with Crippen molar-refractivity contribution < 1.29 is 4.79 Å². The Kier molecular flexibility index (Phi) is 5.82. The van der Waals surface area contributed by atoms with Gasteiger partial charge in [-0.1, -0.05) is 18.2 Å². The number of rotatable bonds is 8. The lowest BCUT2D eigenvalue weighted by Crippen LogP contribution is -2.30. The van der Waals surface area contributed by atoms with Gasteiger partial charge in [0, 0.05) is 38.0 Å². The lowest BCUT2D eigenvalue weighted by molar-refractivity contribution is -0.116. The summed E-state index contributed by atoms with van der Waals surface area (Å²) in [7, 11) is 0. The molecule has 5 nitrogen and oxygen atoms in total. The lowest BCUT2D eigenvalue weighted by Gasteiger charge is -2.20. The Balaban J connectivity index is 1.71. The van der Waals surface area contributed by atoms with E-state index in [9.17, 15) is 4.79 Å². The second-order valence-electron chi connectivity index (χ2n) is 6.51. The van der Waals surface area contributed by atoms with E-state index in [-0.39, 0.29) is 5.91 Å². The highest BCUT2D eigenvalue weighted by molar-refractivity contribution is 7.14. The Bertz CT molecular complexity index is 834. The van der Waals surface area contributed by atoms with Crippen LogP contribution in [0.4, 0.5) is 5.13 Å². The van der Waals surface area contributed by atoms with Crippen molar-refractivity contribution in [2.45, 2.75) is 38.9 Å². The van der Waals surface area contributed by atoms with Crippen LogP contribution in [0.5, 0.6) is 0 Å². The van der Waals surface area contributed by atoms with Gasteiger partial charge in [0.1, 0.15) is 0 Å². The van der Waals surface area contributed by atoms with Gasteiger partial charge >= 0.3 is 0 Å². The number of carbonyl (C=O) groups excluding carboxylic acids is 1. The number of anilines is 1. The molecule has 0 saturated heterocycles. The van der Waals surface area contributed by atoms with Gasteiger partial charge in [0.15, 0.2) is 5.13 Å². The fraction of sp³-hybridized carbons (Fsp3) is 0.350. The summed E-state index contributed by atoms with van der Waals surface area (Å²) in [4.78, 5) is 20.6. The van der Waals surface area contributed by atoms with Gasteiger partial charge in [-0.15, -0.1) is 17.9 Å². The maximum absolute atomic E-state index is 11.9. The molecular weight excluding hydrogens is 344 g/mol. The molecule has 1 amide bonds. The largest absolute Gasteiger partial charge is 0.290 e. The van der Waals surface area contributed by atoms with Crippen molar-refractivity contribution in [2.75, 3.05) is 11.4 Å². The molecule has 0 bridgehead atoms. The van der Waals surface area contributed by atoms with E-state index in [0.717, 1.165) is 35.8 Å². The molecule has 1 heterocycles. The summed E-state index contributed by atoms with van der Waals surface area (Å²) in [6.07, 6.45) is 3.99. The first-order valence-corrected chi connectivity index (χ1v) is 9.55. The molecule has 1 saturated carbocycles. The van der Waals surface area contributed by atoms with Crippen molar-refractivity contribution in [1.82, 2.24) is 9.88 Å². The molecule has 0 spiro atoms. The quantitative estimate of drug-likeness (QED) is 0.668. The maximum Gasteiger partial charge on any atom is 0.225 e. The molecule has 1 aromatic heterocycles. The van der Waals surface area contributed by atoms with E-state index >= 15 is 0 Å². The predicted molar refractivity (Wildman–Crippen MR) is 104 cm³/mol. The first-order valence-electron chi connectivity index (χ1n) is 8.67. The summed E-state index contributed by atoms with van der Waals surface area (Å²) < 4.78 is 0. The third kappa shape index (κ3) is 4.57. The molecule has 0 radical (unpaired) electrons. The molecule has 1 aromatic carbocycles. The monoisotopic (exact) mass is 366 g/mol. The number of carbonyl (C=O) groups is 1. The lowest BCUT2D eigenvalue weighted by atomic mass is 10.1. The van der Waals surface area contributed by atoms with Crippen molar-refractivity contribution in [3.63, 3.8) is 0 Å². The number of benzene rings is 1. The Labute approximate surface area is 158 Å². The van der Waals surface area contributed by atoms with Gasteiger partial charge in [0.25, 0.3) is 0 Å². The van der Waals surface area contributed by atoms with Crippen LogP contribution in [0.3, 0.4) is 0 Å². The number of amides is 1. The van der Waals surface area contributed by atoms with E-state index in [1.54, 1.807) is 6.92 Å². The van der Waals surface area contributed by atoms with Gasteiger partial charge < -0.3 is 0 Å². The van der Waals surface area contributed by atoms with Crippen molar-refractivity contribution >= 4 is 22.4 Å². The van der Waals surface area contributed by atoms with Crippen LogP contribution >= 0.6 is 11.3 Å². The smallest absolute Gasteiger partial charge is 0.225 e. The number of nitrogens with zero attached hydrogens (tertiary/aromatic N) is 4. The summed E-state index contributed by atoms with van der Waals surface area (Å²) in [6.45, 7) is 7.56. The van der Waals surface area contributed by atoms with E-state index in [4.69, 9.17) is 5.26 Å². The summed E-state index contributed by atoms with van der Waals surface area (Å²) >= 11 is 1.53. The third-order valence-electron chi connectivity index (χ3n) is 4.23. The van der Waals surface area contributed by atoms with Gasteiger partial charge in [0.05, 0.1) is 17.3 Å². The van der Waals surface area contributed by atoms with Gasteiger partial charge in [-0.3, -0.25) is 14.6 Å². The van der Waals surface area contributed by atoms with Crippen LogP contribution in [0.1, 0.15) is 36.6 Å². The number of hydrogen-bond acceptors (Lipinski definition) is 5. The summed E-state index contributed by atoms with van der Waals surface area (Å²) in [6, 6.07) is 10.1. The summed E-state index contributed by atoms with van der Waals surface area (Å²) in [5.74, 6) is 0.0599. The van der Waals surface area contributed by atoms with Crippen LogP contribution in [0.25, 0.3) is 0 Å². The van der Waals surface area contributed by atoms with E-state index in [0.29, 0.717) is 24.7 Å². The molecule has 1 aliphatic rings. The predicted octanol–water partition coefficient (Wildman–Crippen LogP) is 3.72. The SMILES string of the molecule is C=CCN(Cc1cccc(C#N)c1)Cc1csc(N(C(C)=O)C2CC2)n1. The van der Waals surface area contributed by atoms with Crippen LogP contribution in [0.2, 0.25) is 0 Å². The molecule has 3 rings (SSSR count). The first-order chi connectivity index (χ1) is 12.6. The third-order valence-corrected chi connectivity index (χ3v) is 5.12. The molecule has 2 aromatic rings. The minimum absolute atomic E-state index is 0.0599. The van der Waals surface area contributed by atoms with E-state index in [2.05, 4.69) is 22.5 Å². The van der Waals surface area contributed by atoms with Crippen molar-refractivity contribution in [3.05, 3.63) is 59.1 Å². The van der Waals surface area contributed by atoms with E-state index < -0.39 is 0 Å². The van der Waals surface area contributed by atoms with Crippen molar-refractivity contribution in [3.8, 4) is 6.07 Å². The zero-order valence-corrected chi connectivity index (χ0v) is 15.7. The number of nitriles is 1. The summed E-state index contributed by atoms with van der Waals surface area (Å²) in [5, 5.41) is 11.9. The highest BCUT2D eigenvalue weighted by Crippen LogP contribution is 2.33. The molecule has 1 aliphatic carbocycles. The molecule has 134 valence electrons. The molecule has 0 unspecified atom stereocenters. The topological polar surface area (TPSA) is 60.2 Å². The number of aromatic nitrogens is 1. The summed E-state index contributed by atoms with van der Waals surface area (Å²) in [5.41, 5.74) is 2.71. The maximum atomic E-state index is 11.9. The molecule has 1 fully saturated rings. The van der Waals surface area contributed by atoms with Crippen LogP contribution in [0, 0.1) is 11.3 Å². The standard InChI is InChI=1S/C20H22N4OS/c1-3-9-23(12-17-6-4-5-16(10-17)11-21)13-18-14-26-20(22-18)24(15(2)25)19-7-8-19/h3-6,10,14,19H,1,7-9,12-13H2,2H3. The number of hydrogen-bond donors (Lipinski definition) is 0. The second kappa shape index (κ2) is 8.26.